The molecule has 0 amide bonds. The van der Waals surface area contributed by atoms with Gasteiger partial charge in [0.2, 0.25) is 0 Å². The maximum Gasteiger partial charge on any atom is 0.339 e. The van der Waals surface area contributed by atoms with E-state index < -0.39 is 5.97 Å². The summed E-state index contributed by atoms with van der Waals surface area (Å²) in [6, 6.07) is 4.01. The predicted molar refractivity (Wildman–Crippen MR) is 59.3 cm³/mol. The molecule has 0 radical (unpaired) electrons. The Kier molecular flexibility index (Phi) is 4.44. The van der Waals surface area contributed by atoms with Crippen molar-refractivity contribution in [3.63, 3.8) is 0 Å². The molecule has 5 heteroatoms. The molecular weight excluding hydrogens is 210 g/mol. The van der Waals surface area contributed by atoms with Gasteiger partial charge in [-0.15, -0.1) is 4.91 Å². The Balaban J connectivity index is 2.91. The van der Waals surface area contributed by atoms with Gasteiger partial charge in [-0.1, -0.05) is 13.3 Å². The molecule has 0 bridgehead atoms. The van der Waals surface area contributed by atoms with Crippen LogP contribution in [0.3, 0.4) is 0 Å². The number of carbonyl (C=O) groups is 1. The van der Waals surface area contributed by atoms with Crippen molar-refractivity contribution < 1.29 is 14.6 Å². The van der Waals surface area contributed by atoms with Crippen molar-refractivity contribution in [3.8, 4) is 5.75 Å². The van der Waals surface area contributed by atoms with E-state index in [0.717, 1.165) is 12.8 Å². The number of benzene rings is 1. The first kappa shape index (κ1) is 12.2. The van der Waals surface area contributed by atoms with Crippen LogP contribution in [-0.4, -0.2) is 17.7 Å². The highest BCUT2D eigenvalue weighted by molar-refractivity contribution is 5.91. The normalized spacial score (nSPS) is 9.81. The molecule has 1 aromatic carbocycles. The van der Waals surface area contributed by atoms with Gasteiger partial charge >= 0.3 is 5.97 Å². The smallest absolute Gasteiger partial charge is 0.339 e. The molecule has 16 heavy (non-hydrogen) atoms. The molecule has 86 valence electrons. The zero-order valence-electron chi connectivity index (χ0n) is 8.97. The summed E-state index contributed by atoms with van der Waals surface area (Å²) in [5.74, 6) is -0.887. The summed E-state index contributed by atoms with van der Waals surface area (Å²) in [7, 11) is 0. The largest absolute Gasteiger partial charge is 0.493 e. The van der Waals surface area contributed by atoms with Gasteiger partial charge < -0.3 is 9.84 Å². The van der Waals surface area contributed by atoms with E-state index in [1.54, 1.807) is 0 Å². The fraction of sp³-hybridized carbons (Fsp3) is 0.364. The van der Waals surface area contributed by atoms with E-state index in [2.05, 4.69) is 5.18 Å². The third kappa shape index (κ3) is 3.05. The summed E-state index contributed by atoms with van der Waals surface area (Å²) in [4.78, 5) is 21.2. The molecule has 0 aliphatic carbocycles. The standard InChI is InChI=1S/C11H13NO4/c1-2-3-6-16-10-7-8(12-15)4-5-9(10)11(13)14/h4-5,7H,2-3,6H2,1H3,(H,13,14). The molecule has 0 saturated carbocycles. The molecule has 0 aliphatic heterocycles. The number of hydrogen-bond acceptors (Lipinski definition) is 4. The van der Waals surface area contributed by atoms with Crippen LogP contribution in [0.4, 0.5) is 5.69 Å². The molecule has 1 aromatic rings. The van der Waals surface area contributed by atoms with E-state index in [-0.39, 0.29) is 17.0 Å². The third-order valence-electron chi connectivity index (χ3n) is 2.06. The molecule has 0 unspecified atom stereocenters. The van der Waals surface area contributed by atoms with Crippen LogP contribution in [0.1, 0.15) is 30.1 Å². The second-order valence-corrected chi connectivity index (χ2v) is 3.28. The first-order valence-corrected chi connectivity index (χ1v) is 5.02. The van der Waals surface area contributed by atoms with Crippen molar-refractivity contribution in [2.24, 2.45) is 5.18 Å². The number of nitroso groups, excluding NO2 is 1. The maximum absolute atomic E-state index is 10.9. The van der Waals surface area contributed by atoms with Crippen molar-refractivity contribution in [2.75, 3.05) is 6.61 Å². The summed E-state index contributed by atoms with van der Waals surface area (Å²) in [5, 5.41) is 11.6. The Morgan fingerprint density at radius 3 is 2.81 bits per heavy atom. The first-order chi connectivity index (χ1) is 7.69. The summed E-state index contributed by atoms with van der Waals surface area (Å²) in [5.41, 5.74) is 0.208. The summed E-state index contributed by atoms with van der Waals surface area (Å²) < 4.78 is 5.30. The van der Waals surface area contributed by atoms with Gasteiger partial charge in [-0.2, -0.15) is 0 Å². The minimum atomic E-state index is -1.08. The van der Waals surface area contributed by atoms with Crippen LogP contribution < -0.4 is 4.74 Å². The minimum Gasteiger partial charge on any atom is -0.493 e. The molecule has 0 saturated heterocycles. The molecule has 0 heterocycles. The summed E-state index contributed by atoms with van der Waals surface area (Å²) >= 11 is 0. The number of carboxylic acid groups (broad SMARTS) is 1. The van der Waals surface area contributed by atoms with Crippen molar-refractivity contribution in [1.29, 1.82) is 0 Å². The molecule has 1 N–H and O–H groups in total. The molecule has 0 atom stereocenters. The van der Waals surface area contributed by atoms with Crippen LogP contribution in [0.15, 0.2) is 23.4 Å². The lowest BCUT2D eigenvalue weighted by Gasteiger charge is -2.08. The predicted octanol–water partition coefficient (Wildman–Crippen LogP) is 2.96. The molecule has 1 rings (SSSR count). The van der Waals surface area contributed by atoms with Gasteiger partial charge in [0, 0.05) is 6.07 Å². The lowest BCUT2D eigenvalue weighted by molar-refractivity contribution is 0.0692. The van der Waals surface area contributed by atoms with Crippen LogP contribution in [0.5, 0.6) is 5.75 Å². The lowest BCUT2D eigenvalue weighted by atomic mass is 10.2. The monoisotopic (exact) mass is 223 g/mol. The third-order valence-corrected chi connectivity index (χ3v) is 2.06. The van der Waals surface area contributed by atoms with E-state index in [1.165, 1.54) is 18.2 Å². The highest BCUT2D eigenvalue weighted by Gasteiger charge is 2.12. The lowest BCUT2D eigenvalue weighted by Crippen LogP contribution is -2.04. The van der Waals surface area contributed by atoms with E-state index in [4.69, 9.17) is 9.84 Å². The Morgan fingerprint density at radius 1 is 1.50 bits per heavy atom. The van der Waals surface area contributed by atoms with Crippen molar-refractivity contribution >= 4 is 11.7 Å². The Bertz CT molecular complexity index is 390. The molecular formula is C11H13NO4. The molecule has 0 aromatic heterocycles. The number of unbranched alkanes of at least 4 members (excludes halogenated alkanes) is 1. The van der Waals surface area contributed by atoms with Gasteiger partial charge in [0.1, 0.15) is 17.0 Å². The maximum atomic E-state index is 10.9. The highest BCUT2D eigenvalue weighted by Crippen LogP contribution is 2.25. The Labute approximate surface area is 93.0 Å². The van der Waals surface area contributed by atoms with Crippen LogP contribution in [0.2, 0.25) is 0 Å². The average molecular weight is 223 g/mol. The van der Waals surface area contributed by atoms with Crippen molar-refractivity contribution in [3.05, 3.63) is 28.7 Å². The Hall–Kier alpha value is -1.91. The van der Waals surface area contributed by atoms with Gasteiger partial charge in [-0.05, 0) is 23.7 Å². The first-order valence-electron chi connectivity index (χ1n) is 5.02. The second kappa shape index (κ2) is 5.85. The van der Waals surface area contributed by atoms with E-state index >= 15 is 0 Å². The average Bonchev–Trinajstić information content (AvgIpc) is 2.29. The van der Waals surface area contributed by atoms with Crippen LogP contribution in [-0.2, 0) is 0 Å². The molecule has 0 fully saturated rings. The molecule has 5 nitrogen and oxygen atoms in total. The van der Waals surface area contributed by atoms with Crippen molar-refractivity contribution in [2.45, 2.75) is 19.8 Å². The highest BCUT2D eigenvalue weighted by atomic mass is 16.5. The van der Waals surface area contributed by atoms with Crippen LogP contribution in [0.25, 0.3) is 0 Å². The van der Waals surface area contributed by atoms with Gasteiger partial charge in [0.25, 0.3) is 0 Å². The number of ether oxygens (including phenoxy) is 1. The van der Waals surface area contributed by atoms with Gasteiger partial charge in [0.15, 0.2) is 0 Å². The number of hydrogen-bond donors (Lipinski definition) is 1. The number of carboxylic acids is 1. The zero-order chi connectivity index (χ0) is 12.0. The second-order valence-electron chi connectivity index (χ2n) is 3.28. The number of nitrogens with zero attached hydrogens (tertiary/aromatic N) is 1. The fourth-order valence-corrected chi connectivity index (χ4v) is 1.19. The van der Waals surface area contributed by atoms with E-state index in [1.807, 2.05) is 6.92 Å². The fourth-order valence-electron chi connectivity index (χ4n) is 1.19. The molecule has 0 spiro atoms. The zero-order valence-corrected chi connectivity index (χ0v) is 8.97. The van der Waals surface area contributed by atoms with Gasteiger partial charge in [-0.25, -0.2) is 4.79 Å². The van der Waals surface area contributed by atoms with Crippen LogP contribution in [0, 0.1) is 4.91 Å². The number of rotatable bonds is 6. The number of aromatic carboxylic acids is 1. The summed E-state index contributed by atoms with van der Waals surface area (Å²) in [6.07, 6.45) is 1.78. The van der Waals surface area contributed by atoms with E-state index in [9.17, 15) is 9.70 Å². The van der Waals surface area contributed by atoms with Gasteiger partial charge in [-0.3, -0.25) is 0 Å². The quantitative estimate of drug-likeness (QED) is 0.594. The topological polar surface area (TPSA) is 76.0 Å². The van der Waals surface area contributed by atoms with Gasteiger partial charge in [0.05, 0.1) is 6.61 Å². The SMILES string of the molecule is CCCCOc1cc(N=O)ccc1C(=O)O. The molecule has 0 aliphatic rings. The van der Waals surface area contributed by atoms with Crippen LogP contribution >= 0.6 is 0 Å². The van der Waals surface area contributed by atoms with Crippen molar-refractivity contribution in [1.82, 2.24) is 0 Å². The minimum absolute atomic E-state index is 0.0449. The van der Waals surface area contributed by atoms with E-state index in [0.29, 0.717) is 6.61 Å². The Morgan fingerprint density at radius 2 is 2.25 bits per heavy atom. The summed E-state index contributed by atoms with van der Waals surface area (Å²) in [6.45, 7) is 2.43.